The molecule has 9 aromatic carbocycles. The number of Topliss-reactive ketones (excluding diaryl/α,β-unsaturated/α-hetero) is 1. The smallest absolute Gasteiger partial charge is 0.193 e. The Kier molecular flexibility index (Phi) is 8.42. The van der Waals surface area contributed by atoms with Crippen LogP contribution < -0.4 is 0 Å². The van der Waals surface area contributed by atoms with Gasteiger partial charge in [0.2, 0.25) is 0 Å². The summed E-state index contributed by atoms with van der Waals surface area (Å²) in [7, 11) is 0. The molecule has 0 spiro atoms. The fraction of sp³-hybridized carbons (Fsp3) is 0.0172. The molecule has 0 unspecified atom stereocenters. The van der Waals surface area contributed by atoms with E-state index in [1.807, 2.05) is 133 Å². The molecule has 6 heteroatoms. The highest BCUT2D eigenvalue weighted by Gasteiger charge is 2.20. The predicted octanol–water partition coefficient (Wildman–Crippen LogP) is 13.6. The Morgan fingerprint density at radius 2 is 0.547 bits per heavy atom. The standard InChI is InChI=1S/C58H37N3O3/c1-36(62)37-18-26-42(27-19-37)61-55-32-24-40(57(63)38-20-28-43(29-21-38)59-51-14-6-2-10-45(51)46-11-3-7-15-52(46)59)34-49(55)50-35-41(25-33-56(50)61)58(64)39-22-30-44(31-23-39)60-53-16-8-4-12-47(53)48-13-5-9-17-54(48)60/h2-35H,1H3. The summed E-state index contributed by atoms with van der Waals surface area (Å²) in [6, 6.07) is 68.2. The first kappa shape index (κ1) is 37.2. The zero-order valence-corrected chi connectivity index (χ0v) is 34.7. The topological polar surface area (TPSA) is 66.0 Å². The third-order valence-electron chi connectivity index (χ3n) is 12.8. The Labute approximate surface area is 367 Å². The van der Waals surface area contributed by atoms with Gasteiger partial charge in [-0.25, -0.2) is 0 Å². The van der Waals surface area contributed by atoms with Gasteiger partial charge in [-0.05, 0) is 140 Å². The van der Waals surface area contributed by atoms with Crippen molar-refractivity contribution in [3.8, 4) is 17.1 Å². The highest BCUT2D eigenvalue weighted by Crippen LogP contribution is 2.37. The molecule has 12 aromatic rings. The van der Waals surface area contributed by atoms with E-state index in [2.05, 4.69) is 86.5 Å². The number of para-hydroxylation sites is 4. The van der Waals surface area contributed by atoms with Crippen LogP contribution in [0.3, 0.4) is 0 Å². The molecule has 0 radical (unpaired) electrons. The molecular weight excluding hydrogens is 787 g/mol. The molecule has 6 nitrogen and oxygen atoms in total. The van der Waals surface area contributed by atoms with E-state index in [1.165, 1.54) is 21.5 Å². The Morgan fingerprint density at radius 3 is 0.859 bits per heavy atom. The molecule has 302 valence electrons. The SMILES string of the molecule is CC(=O)c1ccc(-n2c3ccc(C(=O)c4ccc(-n5c6ccccc6c6ccccc65)cc4)cc3c3cc(C(=O)c4ccc(-n5c6ccccc6c6ccccc65)cc4)ccc32)cc1. The average Bonchev–Trinajstić information content (AvgIpc) is 3.99. The molecule has 0 aliphatic rings. The Morgan fingerprint density at radius 1 is 0.281 bits per heavy atom. The molecule has 3 heterocycles. The second kappa shape index (κ2) is 14.5. The zero-order valence-electron chi connectivity index (χ0n) is 34.7. The van der Waals surface area contributed by atoms with E-state index < -0.39 is 0 Å². The molecule has 0 saturated heterocycles. The average molecular weight is 824 g/mol. The molecule has 0 atom stereocenters. The van der Waals surface area contributed by atoms with Crippen molar-refractivity contribution in [2.45, 2.75) is 6.92 Å². The Bertz CT molecular complexity index is 3550. The summed E-state index contributed by atoms with van der Waals surface area (Å²) in [5.74, 6) is -0.206. The van der Waals surface area contributed by atoms with E-state index in [0.717, 1.165) is 60.9 Å². The van der Waals surface area contributed by atoms with Gasteiger partial charge in [0.1, 0.15) is 0 Å². The van der Waals surface area contributed by atoms with Gasteiger partial charge in [-0.15, -0.1) is 0 Å². The molecule has 0 fully saturated rings. The van der Waals surface area contributed by atoms with E-state index in [0.29, 0.717) is 27.8 Å². The van der Waals surface area contributed by atoms with Crippen molar-refractivity contribution >= 4 is 82.8 Å². The molecular formula is C58H37N3O3. The van der Waals surface area contributed by atoms with Crippen LogP contribution in [-0.4, -0.2) is 31.1 Å². The molecule has 0 saturated carbocycles. The van der Waals surface area contributed by atoms with Gasteiger partial charge in [-0.3, -0.25) is 14.4 Å². The fourth-order valence-corrected chi connectivity index (χ4v) is 9.69. The van der Waals surface area contributed by atoms with Crippen molar-refractivity contribution in [3.63, 3.8) is 0 Å². The van der Waals surface area contributed by atoms with Gasteiger partial charge >= 0.3 is 0 Å². The summed E-state index contributed by atoms with van der Waals surface area (Å²) in [4.78, 5) is 40.9. The lowest BCUT2D eigenvalue weighted by Gasteiger charge is -2.10. The third-order valence-corrected chi connectivity index (χ3v) is 12.8. The first-order chi connectivity index (χ1) is 31.4. The summed E-state index contributed by atoms with van der Waals surface area (Å²) in [5, 5.41) is 6.40. The maximum absolute atomic E-state index is 14.3. The van der Waals surface area contributed by atoms with Crippen LogP contribution in [0.5, 0.6) is 0 Å². The van der Waals surface area contributed by atoms with Gasteiger partial charge in [-0.1, -0.05) is 72.8 Å². The molecule has 0 aliphatic heterocycles. The number of carbonyl (C=O) groups is 3. The van der Waals surface area contributed by atoms with E-state index in [9.17, 15) is 14.4 Å². The van der Waals surface area contributed by atoms with E-state index in [-0.39, 0.29) is 17.3 Å². The molecule has 64 heavy (non-hydrogen) atoms. The van der Waals surface area contributed by atoms with E-state index in [4.69, 9.17) is 0 Å². The van der Waals surface area contributed by atoms with Crippen LogP contribution in [0.25, 0.3) is 82.5 Å². The lowest BCUT2D eigenvalue weighted by Crippen LogP contribution is -2.02. The molecule has 0 amide bonds. The van der Waals surface area contributed by atoms with Crippen LogP contribution in [0, 0.1) is 0 Å². The predicted molar refractivity (Wildman–Crippen MR) is 259 cm³/mol. The second-order valence-corrected chi connectivity index (χ2v) is 16.4. The van der Waals surface area contributed by atoms with Crippen LogP contribution >= 0.6 is 0 Å². The fourth-order valence-electron chi connectivity index (χ4n) is 9.69. The van der Waals surface area contributed by atoms with Crippen molar-refractivity contribution in [1.82, 2.24) is 13.7 Å². The van der Waals surface area contributed by atoms with Gasteiger partial charge in [-0.2, -0.15) is 0 Å². The van der Waals surface area contributed by atoms with Crippen molar-refractivity contribution in [3.05, 3.63) is 234 Å². The first-order valence-corrected chi connectivity index (χ1v) is 21.4. The Balaban J connectivity index is 0.932. The number of hydrogen-bond acceptors (Lipinski definition) is 3. The molecule has 12 rings (SSSR count). The quantitative estimate of drug-likeness (QED) is 0.143. The van der Waals surface area contributed by atoms with Crippen LogP contribution in [0.2, 0.25) is 0 Å². The maximum atomic E-state index is 14.3. The summed E-state index contributed by atoms with van der Waals surface area (Å²) >= 11 is 0. The normalized spacial score (nSPS) is 11.7. The van der Waals surface area contributed by atoms with Crippen LogP contribution in [-0.2, 0) is 0 Å². The molecule has 0 bridgehead atoms. The number of benzene rings is 9. The van der Waals surface area contributed by atoms with Crippen molar-refractivity contribution in [2.24, 2.45) is 0 Å². The molecule has 0 aliphatic carbocycles. The number of carbonyl (C=O) groups excluding carboxylic acids is 3. The third kappa shape index (κ3) is 5.77. The van der Waals surface area contributed by atoms with Crippen LogP contribution in [0.15, 0.2) is 206 Å². The monoisotopic (exact) mass is 823 g/mol. The second-order valence-electron chi connectivity index (χ2n) is 16.4. The zero-order chi connectivity index (χ0) is 43.1. The number of aromatic nitrogens is 3. The van der Waals surface area contributed by atoms with Crippen LogP contribution in [0.1, 0.15) is 49.1 Å². The lowest BCUT2D eigenvalue weighted by molar-refractivity contribution is 0.101. The number of nitrogens with zero attached hydrogens (tertiary/aromatic N) is 3. The highest BCUT2D eigenvalue weighted by atomic mass is 16.1. The largest absolute Gasteiger partial charge is 0.309 e. The van der Waals surface area contributed by atoms with E-state index >= 15 is 0 Å². The van der Waals surface area contributed by atoms with Crippen molar-refractivity contribution in [1.29, 1.82) is 0 Å². The summed E-state index contributed by atoms with van der Waals surface area (Å²) in [6.45, 7) is 1.56. The summed E-state index contributed by atoms with van der Waals surface area (Å²) in [5.41, 5.74) is 11.9. The van der Waals surface area contributed by atoms with Crippen molar-refractivity contribution < 1.29 is 14.4 Å². The van der Waals surface area contributed by atoms with Gasteiger partial charge < -0.3 is 13.7 Å². The number of rotatable bonds is 8. The van der Waals surface area contributed by atoms with Gasteiger partial charge in [0.15, 0.2) is 17.3 Å². The summed E-state index contributed by atoms with van der Waals surface area (Å²) in [6.07, 6.45) is 0. The van der Waals surface area contributed by atoms with Crippen molar-refractivity contribution in [2.75, 3.05) is 0 Å². The van der Waals surface area contributed by atoms with E-state index in [1.54, 1.807) is 6.92 Å². The molecule has 0 N–H and O–H groups in total. The first-order valence-electron chi connectivity index (χ1n) is 21.4. The maximum Gasteiger partial charge on any atom is 0.193 e. The Hall–Kier alpha value is -8.61. The van der Waals surface area contributed by atoms with Gasteiger partial charge in [0.25, 0.3) is 0 Å². The highest BCUT2D eigenvalue weighted by molar-refractivity contribution is 6.18. The minimum atomic E-state index is -0.0991. The lowest BCUT2D eigenvalue weighted by atomic mass is 9.98. The molecule has 3 aromatic heterocycles. The van der Waals surface area contributed by atoms with Gasteiger partial charge in [0, 0.05) is 77.2 Å². The number of hydrogen-bond donors (Lipinski definition) is 0. The minimum absolute atomic E-state index is 0.00808. The van der Waals surface area contributed by atoms with Gasteiger partial charge in [0.05, 0.1) is 33.1 Å². The van der Waals surface area contributed by atoms with Crippen LogP contribution in [0.4, 0.5) is 0 Å². The minimum Gasteiger partial charge on any atom is -0.309 e. The summed E-state index contributed by atoms with van der Waals surface area (Å²) < 4.78 is 6.60. The number of fused-ring (bicyclic) bond motifs is 9. The number of ketones is 3.